The molecule has 1 aliphatic rings. The minimum Gasteiger partial charge on any atom is -0.382 e. The number of hydrogen-bond acceptors (Lipinski definition) is 3. The van der Waals surface area contributed by atoms with Gasteiger partial charge in [0.15, 0.2) is 23.3 Å². The maximum atomic E-state index is 13.8. The third-order valence-corrected chi connectivity index (χ3v) is 3.91. The maximum absolute atomic E-state index is 13.8. The highest BCUT2D eigenvalue weighted by atomic mass is 19.2. The first-order chi connectivity index (χ1) is 10.8. The second-order valence-corrected chi connectivity index (χ2v) is 5.24. The topological polar surface area (TPSA) is 72.6 Å². The van der Waals surface area contributed by atoms with Gasteiger partial charge < -0.3 is 15.4 Å². The molecule has 1 fully saturated rings. The van der Waals surface area contributed by atoms with E-state index in [4.69, 9.17) is 10.5 Å². The lowest BCUT2D eigenvalue weighted by molar-refractivity contribution is -0.130. The molecule has 126 valence electrons. The van der Waals surface area contributed by atoms with Crippen LogP contribution < -0.4 is 5.73 Å². The second-order valence-electron chi connectivity index (χ2n) is 5.24. The molecule has 1 atom stereocenters. The van der Waals surface area contributed by atoms with E-state index in [1.54, 1.807) is 0 Å². The van der Waals surface area contributed by atoms with Crippen LogP contribution in [0, 0.1) is 23.3 Å². The first-order valence-electron chi connectivity index (χ1n) is 6.70. The van der Waals surface area contributed by atoms with Gasteiger partial charge in [-0.15, -0.1) is 0 Å². The Balaban J connectivity index is 2.50. The smallest absolute Gasteiger partial charge is 0.258 e. The molecule has 5 nitrogen and oxygen atoms in total. The summed E-state index contributed by atoms with van der Waals surface area (Å²) in [4.78, 5) is 25.1. The average molecular weight is 334 g/mol. The number of methoxy groups -OCH3 is 1. The van der Waals surface area contributed by atoms with Crippen molar-refractivity contribution in [1.29, 1.82) is 0 Å². The van der Waals surface area contributed by atoms with E-state index in [0.717, 1.165) is 4.90 Å². The summed E-state index contributed by atoms with van der Waals surface area (Å²) in [6, 6.07) is 0.257. The third-order valence-electron chi connectivity index (χ3n) is 3.91. The van der Waals surface area contributed by atoms with Gasteiger partial charge in [-0.25, -0.2) is 17.6 Å². The molecule has 0 aliphatic carbocycles. The van der Waals surface area contributed by atoms with Crippen molar-refractivity contribution in [3.8, 4) is 0 Å². The second kappa shape index (κ2) is 6.15. The molecule has 0 aromatic heterocycles. The third kappa shape index (κ3) is 2.65. The van der Waals surface area contributed by atoms with Gasteiger partial charge in [-0.3, -0.25) is 9.59 Å². The minimum absolute atomic E-state index is 0.0190. The fraction of sp³-hybridized carbons (Fsp3) is 0.429. The van der Waals surface area contributed by atoms with Gasteiger partial charge in [0.1, 0.15) is 5.54 Å². The predicted octanol–water partition coefficient (Wildman–Crippen LogP) is 1.35. The fourth-order valence-corrected chi connectivity index (χ4v) is 2.76. The van der Waals surface area contributed by atoms with Crippen LogP contribution in [-0.4, -0.2) is 42.5 Å². The number of amides is 2. The SMILES string of the molecule is COCC1(C(N)=O)CCCN1C(=O)c1cc(F)c(F)c(F)c1F. The van der Waals surface area contributed by atoms with Gasteiger partial charge in [0.05, 0.1) is 12.2 Å². The van der Waals surface area contributed by atoms with Gasteiger partial charge in [0, 0.05) is 13.7 Å². The molecule has 1 aromatic rings. The van der Waals surface area contributed by atoms with Crippen molar-refractivity contribution in [2.45, 2.75) is 18.4 Å². The average Bonchev–Trinajstić information content (AvgIpc) is 2.93. The zero-order valence-electron chi connectivity index (χ0n) is 12.2. The molecule has 0 saturated carbocycles. The Labute approximate surface area is 129 Å². The molecule has 2 amide bonds. The molecule has 1 saturated heterocycles. The van der Waals surface area contributed by atoms with E-state index in [1.165, 1.54) is 7.11 Å². The molecule has 9 heteroatoms. The summed E-state index contributed by atoms with van der Waals surface area (Å²) in [5, 5.41) is 0. The van der Waals surface area contributed by atoms with Gasteiger partial charge in [0.25, 0.3) is 5.91 Å². The van der Waals surface area contributed by atoms with Gasteiger partial charge >= 0.3 is 0 Å². The first kappa shape index (κ1) is 17.2. The Morgan fingerprint density at radius 2 is 1.91 bits per heavy atom. The van der Waals surface area contributed by atoms with Crippen LogP contribution in [0.15, 0.2) is 6.07 Å². The van der Waals surface area contributed by atoms with E-state index >= 15 is 0 Å². The van der Waals surface area contributed by atoms with Crippen molar-refractivity contribution in [3.63, 3.8) is 0 Å². The number of nitrogens with two attached hydrogens (primary N) is 1. The van der Waals surface area contributed by atoms with Crippen molar-refractivity contribution in [2.24, 2.45) is 5.73 Å². The summed E-state index contributed by atoms with van der Waals surface area (Å²) in [5.41, 5.74) is 2.78. The summed E-state index contributed by atoms with van der Waals surface area (Å²) in [5.74, 6) is -9.68. The standard InChI is InChI=1S/C14H14F4N2O3/c1-23-6-14(13(19)22)3-2-4-20(14)12(21)7-5-8(15)10(17)11(18)9(7)16/h5H,2-4,6H2,1H3,(H2,19,22). The largest absolute Gasteiger partial charge is 0.382 e. The zero-order chi connectivity index (χ0) is 17.4. The monoisotopic (exact) mass is 334 g/mol. The number of carbonyl (C=O) groups is 2. The Kier molecular flexibility index (Phi) is 4.60. The number of carbonyl (C=O) groups excluding carboxylic acids is 2. The van der Waals surface area contributed by atoms with Crippen LogP contribution in [0.1, 0.15) is 23.2 Å². The number of rotatable bonds is 4. The Morgan fingerprint density at radius 1 is 1.26 bits per heavy atom. The molecule has 0 radical (unpaired) electrons. The van der Waals surface area contributed by atoms with Gasteiger partial charge in [-0.2, -0.15) is 0 Å². The molecule has 0 bridgehead atoms. The normalized spacial score (nSPS) is 20.8. The highest BCUT2D eigenvalue weighted by molar-refractivity contribution is 5.99. The fourth-order valence-electron chi connectivity index (χ4n) is 2.76. The molecule has 23 heavy (non-hydrogen) atoms. The number of primary amides is 1. The van der Waals surface area contributed by atoms with Gasteiger partial charge in [0.2, 0.25) is 5.91 Å². The predicted molar refractivity (Wildman–Crippen MR) is 70.3 cm³/mol. The van der Waals surface area contributed by atoms with Crippen LogP contribution in [0.5, 0.6) is 0 Å². The Bertz CT molecular complexity index is 668. The van der Waals surface area contributed by atoms with Crippen molar-refractivity contribution < 1.29 is 31.9 Å². The minimum atomic E-state index is -2.09. The molecule has 1 heterocycles. The molecule has 2 N–H and O–H groups in total. The van der Waals surface area contributed by atoms with Gasteiger partial charge in [-0.05, 0) is 18.9 Å². The summed E-state index contributed by atoms with van der Waals surface area (Å²) in [6.45, 7) is -0.229. The van der Waals surface area contributed by atoms with E-state index in [1.807, 2.05) is 0 Å². The maximum Gasteiger partial charge on any atom is 0.258 e. The molecular weight excluding hydrogens is 320 g/mol. The highest BCUT2D eigenvalue weighted by Gasteiger charge is 2.49. The number of likely N-dealkylation sites (tertiary alicyclic amines) is 1. The molecule has 2 rings (SSSR count). The molecule has 1 aromatic carbocycles. The van der Waals surface area contributed by atoms with Crippen molar-refractivity contribution in [2.75, 3.05) is 20.3 Å². The van der Waals surface area contributed by atoms with E-state index < -0.39 is 46.2 Å². The quantitative estimate of drug-likeness (QED) is 0.513. The summed E-state index contributed by atoms with van der Waals surface area (Å²) in [6.07, 6.45) is 0.529. The number of benzene rings is 1. The van der Waals surface area contributed by atoms with Crippen LogP contribution >= 0.6 is 0 Å². The van der Waals surface area contributed by atoms with E-state index in [9.17, 15) is 27.2 Å². The molecule has 1 unspecified atom stereocenters. The van der Waals surface area contributed by atoms with E-state index in [2.05, 4.69) is 0 Å². The summed E-state index contributed by atoms with van der Waals surface area (Å²) < 4.78 is 58.3. The van der Waals surface area contributed by atoms with Crippen LogP contribution in [-0.2, 0) is 9.53 Å². The first-order valence-corrected chi connectivity index (χ1v) is 6.70. The van der Waals surface area contributed by atoms with E-state index in [0.29, 0.717) is 6.42 Å². The summed E-state index contributed by atoms with van der Waals surface area (Å²) >= 11 is 0. The summed E-state index contributed by atoms with van der Waals surface area (Å²) in [7, 11) is 1.28. The van der Waals surface area contributed by atoms with Crippen molar-refractivity contribution >= 4 is 11.8 Å². The number of halogens is 4. The van der Waals surface area contributed by atoms with Gasteiger partial charge in [-0.1, -0.05) is 0 Å². The van der Waals surface area contributed by atoms with Crippen LogP contribution in [0.2, 0.25) is 0 Å². The van der Waals surface area contributed by atoms with Crippen LogP contribution in [0.25, 0.3) is 0 Å². The van der Waals surface area contributed by atoms with Crippen molar-refractivity contribution in [3.05, 3.63) is 34.9 Å². The Morgan fingerprint density at radius 3 is 2.48 bits per heavy atom. The van der Waals surface area contributed by atoms with Crippen molar-refractivity contribution in [1.82, 2.24) is 4.90 Å². The lowest BCUT2D eigenvalue weighted by Gasteiger charge is -2.35. The molecule has 1 aliphatic heterocycles. The number of ether oxygens (including phenoxy) is 1. The lowest BCUT2D eigenvalue weighted by atomic mass is 9.95. The lowest BCUT2D eigenvalue weighted by Crippen LogP contribution is -2.58. The van der Waals surface area contributed by atoms with Crippen LogP contribution in [0.3, 0.4) is 0 Å². The Hall–Kier alpha value is -2.16. The molecule has 0 spiro atoms. The number of hydrogen-bond donors (Lipinski definition) is 1. The highest BCUT2D eigenvalue weighted by Crippen LogP contribution is 2.32. The van der Waals surface area contributed by atoms with Crippen LogP contribution in [0.4, 0.5) is 17.6 Å². The zero-order valence-corrected chi connectivity index (χ0v) is 12.2. The molecular formula is C14H14F4N2O3. The van der Waals surface area contributed by atoms with E-state index in [-0.39, 0.29) is 25.6 Å². The number of nitrogens with zero attached hydrogens (tertiary/aromatic N) is 1.